The van der Waals surface area contributed by atoms with E-state index in [4.69, 9.17) is 10.2 Å². The minimum absolute atomic E-state index is 0.350. The van der Waals surface area contributed by atoms with Gasteiger partial charge in [0.1, 0.15) is 0 Å². The van der Waals surface area contributed by atoms with Crippen LogP contribution in [0, 0.1) is 0 Å². The maximum Gasteiger partial charge on any atom is 0.0431 e. The number of aliphatic hydroxyl groups excluding tert-OH is 2. The monoisotopic (exact) mass is 494 g/mol. The molecule has 2 N–H and O–H groups in total. The lowest BCUT2D eigenvalue weighted by Crippen LogP contribution is -1.89. The van der Waals surface area contributed by atoms with Gasteiger partial charge in [-0.2, -0.15) is 0 Å². The molecule has 0 radical (unpaired) electrons. The van der Waals surface area contributed by atoms with Crippen LogP contribution >= 0.6 is 0 Å². The Bertz CT molecular complexity index is 669. The van der Waals surface area contributed by atoms with Gasteiger partial charge >= 0.3 is 0 Å². The molecular formula is C34H54O2. The highest BCUT2D eigenvalue weighted by atomic mass is 16.3. The fourth-order valence-electron chi connectivity index (χ4n) is 5.08. The summed E-state index contributed by atoms with van der Waals surface area (Å²) in [5.41, 5.74) is 5.57. The zero-order chi connectivity index (χ0) is 25.5. The Labute approximate surface area is 222 Å². The van der Waals surface area contributed by atoms with Gasteiger partial charge in [0, 0.05) is 13.2 Å². The molecule has 2 rings (SSSR count). The van der Waals surface area contributed by atoms with E-state index in [1.54, 1.807) is 0 Å². The summed E-state index contributed by atoms with van der Waals surface area (Å²) in [7, 11) is 0. The van der Waals surface area contributed by atoms with Crippen LogP contribution in [0.15, 0.2) is 48.5 Å². The lowest BCUT2D eigenvalue weighted by Gasteiger charge is -2.07. The molecule has 0 aliphatic carbocycles. The van der Waals surface area contributed by atoms with Gasteiger partial charge in [0.15, 0.2) is 0 Å². The SMILES string of the molecule is OCCCCCCCCCCCc1ccc(-c2ccc(CCCCCCCCCCCO)cc2)cc1. The number of aryl methyl sites for hydroxylation is 2. The van der Waals surface area contributed by atoms with Crippen molar-refractivity contribution in [1.82, 2.24) is 0 Å². The van der Waals surface area contributed by atoms with Crippen molar-refractivity contribution in [3.63, 3.8) is 0 Å². The normalized spacial score (nSPS) is 11.3. The summed E-state index contributed by atoms with van der Waals surface area (Å²) in [6, 6.07) is 18.4. The summed E-state index contributed by atoms with van der Waals surface area (Å²) >= 11 is 0. The molecule has 0 aliphatic rings. The molecule has 2 heteroatoms. The van der Waals surface area contributed by atoms with E-state index in [2.05, 4.69) is 48.5 Å². The van der Waals surface area contributed by atoms with Gasteiger partial charge in [-0.1, -0.05) is 138 Å². The Balaban J connectivity index is 1.53. The van der Waals surface area contributed by atoms with Crippen molar-refractivity contribution in [2.24, 2.45) is 0 Å². The molecule has 0 heterocycles. The molecule has 0 aliphatic heterocycles. The van der Waals surface area contributed by atoms with Gasteiger partial charge in [0.2, 0.25) is 0 Å². The predicted octanol–water partition coefficient (Wildman–Crippen LogP) is 9.44. The standard InChI is InChI=1S/C34H54O2/c35-29-17-13-9-5-1-3-7-11-15-19-31-21-25-33(26-22-31)34-27-23-32(24-28-34)20-16-12-8-4-2-6-10-14-18-30-36/h21-28,35-36H,1-20,29-30H2. The van der Waals surface area contributed by atoms with Crippen molar-refractivity contribution < 1.29 is 10.2 Å². The Morgan fingerprint density at radius 2 is 0.556 bits per heavy atom. The van der Waals surface area contributed by atoms with Gasteiger partial charge in [0.05, 0.1) is 0 Å². The van der Waals surface area contributed by atoms with Crippen molar-refractivity contribution in [3.8, 4) is 11.1 Å². The largest absolute Gasteiger partial charge is 0.396 e. The van der Waals surface area contributed by atoms with Gasteiger partial charge in [-0.05, 0) is 60.8 Å². The summed E-state index contributed by atoms with van der Waals surface area (Å²) < 4.78 is 0. The molecule has 0 atom stereocenters. The fraction of sp³-hybridized carbons (Fsp3) is 0.647. The maximum atomic E-state index is 8.81. The molecule has 0 amide bonds. The lowest BCUT2D eigenvalue weighted by molar-refractivity contribution is 0.282. The second-order valence-electron chi connectivity index (χ2n) is 10.7. The predicted molar refractivity (Wildman–Crippen MR) is 157 cm³/mol. The number of hydrogen-bond donors (Lipinski definition) is 2. The van der Waals surface area contributed by atoms with Crippen molar-refractivity contribution in [1.29, 1.82) is 0 Å². The van der Waals surface area contributed by atoms with Crippen LogP contribution in [-0.4, -0.2) is 23.4 Å². The highest BCUT2D eigenvalue weighted by molar-refractivity contribution is 5.63. The number of benzene rings is 2. The number of rotatable bonds is 23. The average Bonchev–Trinajstić information content (AvgIpc) is 2.91. The van der Waals surface area contributed by atoms with Crippen LogP contribution in [0.3, 0.4) is 0 Å². The molecule has 2 nitrogen and oxygen atoms in total. The zero-order valence-corrected chi connectivity index (χ0v) is 23.1. The summed E-state index contributed by atoms with van der Waals surface area (Å²) in [6.45, 7) is 0.699. The Hall–Kier alpha value is -1.64. The quantitative estimate of drug-likeness (QED) is 0.151. The van der Waals surface area contributed by atoms with Gasteiger partial charge in [-0.3, -0.25) is 0 Å². The molecule has 0 saturated heterocycles. The van der Waals surface area contributed by atoms with Crippen LogP contribution in [0.4, 0.5) is 0 Å². The molecule has 0 spiro atoms. The molecule has 36 heavy (non-hydrogen) atoms. The average molecular weight is 495 g/mol. The van der Waals surface area contributed by atoms with Crippen LogP contribution in [0.5, 0.6) is 0 Å². The highest BCUT2D eigenvalue weighted by Gasteiger charge is 2.01. The lowest BCUT2D eigenvalue weighted by atomic mass is 9.98. The van der Waals surface area contributed by atoms with E-state index < -0.39 is 0 Å². The molecule has 2 aromatic rings. The van der Waals surface area contributed by atoms with Gasteiger partial charge < -0.3 is 10.2 Å². The van der Waals surface area contributed by atoms with E-state index in [9.17, 15) is 0 Å². The van der Waals surface area contributed by atoms with Crippen LogP contribution in [0.25, 0.3) is 11.1 Å². The van der Waals surface area contributed by atoms with Gasteiger partial charge in [-0.15, -0.1) is 0 Å². The second kappa shape index (κ2) is 21.4. The molecule has 0 aromatic heterocycles. The molecule has 2 aromatic carbocycles. The molecule has 0 saturated carbocycles. The third-order valence-corrected chi connectivity index (χ3v) is 7.49. The first-order valence-corrected chi connectivity index (χ1v) is 15.2. The zero-order valence-electron chi connectivity index (χ0n) is 23.1. The van der Waals surface area contributed by atoms with Crippen LogP contribution in [0.2, 0.25) is 0 Å². The van der Waals surface area contributed by atoms with E-state index in [1.807, 2.05) is 0 Å². The van der Waals surface area contributed by atoms with Crippen molar-refractivity contribution in [3.05, 3.63) is 59.7 Å². The first kappa shape index (κ1) is 30.6. The van der Waals surface area contributed by atoms with Crippen molar-refractivity contribution in [2.75, 3.05) is 13.2 Å². The van der Waals surface area contributed by atoms with E-state index in [-0.39, 0.29) is 0 Å². The molecule has 0 fully saturated rings. The topological polar surface area (TPSA) is 40.5 Å². The first-order valence-electron chi connectivity index (χ1n) is 15.2. The highest BCUT2D eigenvalue weighted by Crippen LogP contribution is 2.22. The molecule has 202 valence electrons. The van der Waals surface area contributed by atoms with E-state index >= 15 is 0 Å². The summed E-state index contributed by atoms with van der Waals surface area (Å²) in [5.74, 6) is 0. The van der Waals surface area contributed by atoms with E-state index in [0.29, 0.717) is 13.2 Å². The molecule has 0 bridgehead atoms. The number of unbranched alkanes of at least 4 members (excludes halogenated alkanes) is 16. The van der Waals surface area contributed by atoms with Crippen molar-refractivity contribution >= 4 is 0 Å². The maximum absolute atomic E-state index is 8.81. The molecular weight excluding hydrogens is 440 g/mol. The van der Waals surface area contributed by atoms with Gasteiger partial charge in [0.25, 0.3) is 0 Å². The Morgan fingerprint density at radius 1 is 0.306 bits per heavy atom. The van der Waals surface area contributed by atoms with Crippen LogP contribution in [0.1, 0.15) is 127 Å². The number of hydrogen-bond acceptors (Lipinski definition) is 2. The third kappa shape index (κ3) is 14.8. The second-order valence-corrected chi connectivity index (χ2v) is 10.7. The first-order chi connectivity index (χ1) is 17.8. The minimum atomic E-state index is 0.350. The van der Waals surface area contributed by atoms with Gasteiger partial charge in [-0.25, -0.2) is 0 Å². The van der Waals surface area contributed by atoms with Crippen molar-refractivity contribution in [2.45, 2.75) is 128 Å². The summed E-state index contributed by atoms with van der Waals surface area (Å²) in [6.07, 6.45) is 25.3. The van der Waals surface area contributed by atoms with Crippen LogP contribution in [-0.2, 0) is 12.8 Å². The summed E-state index contributed by atoms with van der Waals surface area (Å²) in [4.78, 5) is 0. The third-order valence-electron chi connectivity index (χ3n) is 7.49. The Kier molecular flexibility index (Phi) is 18.2. The summed E-state index contributed by atoms with van der Waals surface area (Å²) in [5, 5.41) is 17.6. The minimum Gasteiger partial charge on any atom is -0.396 e. The smallest absolute Gasteiger partial charge is 0.0431 e. The van der Waals surface area contributed by atoms with Crippen LogP contribution < -0.4 is 0 Å². The number of aliphatic hydroxyl groups is 2. The Morgan fingerprint density at radius 3 is 0.833 bits per heavy atom. The fourth-order valence-corrected chi connectivity index (χ4v) is 5.08. The molecule has 0 unspecified atom stereocenters. The van der Waals surface area contributed by atoms with E-state index in [0.717, 1.165) is 12.8 Å². The van der Waals surface area contributed by atoms with E-state index in [1.165, 1.54) is 138 Å².